The molecule has 0 saturated carbocycles. The molecule has 2 rings (SSSR count). The molecule has 0 aliphatic carbocycles. The van der Waals surface area contributed by atoms with Crippen molar-refractivity contribution in [3.63, 3.8) is 0 Å². The van der Waals surface area contributed by atoms with Crippen LogP contribution in [-0.4, -0.2) is 63.7 Å². The number of hydrogen-bond acceptors (Lipinski definition) is 7. The molecule has 0 saturated heterocycles. The number of carbonyl (C=O) groups is 4. The number of phenols is 1. The first-order valence-electron chi connectivity index (χ1n) is 18.0. The van der Waals surface area contributed by atoms with Gasteiger partial charge in [-0.1, -0.05) is 82.9 Å². The molecule has 0 fully saturated rings. The topological polar surface area (TPSA) is 134 Å². The van der Waals surface area contributed by atoms with E-state index in [9.17, 15) is 24.3 Å². The third-order valence-corrected chi connectivity index (χ3v) is 7.87. The van der Waals surface area contributed by atoms with Gasteiger partial charge in [-0.15, -0.1) is 0 Å². The Bertz CT molecular complexity index is 1400. The summed E-state index contributed by atoms with van der Waals surface area (Å²) >= 11 is 0. The van der Waals surface area contributed by atoms with Crippen molar-refractivity contribution in [2.45, 2.75) is 144 Å². The van der Waals surface area contributed by atoms with Crippen molar-refractivity contribution >= 4 is 23.9 Å². The van der Waals surface area contributed by atoms with Gasteiger partial charge in [0.25, 0.3) is 0 Å². The molecular weight excluding hydrogens is 634 g/mol. The SMILES string of the molecule is CCCCCCCN(C(=O)C(CC(C)C)NC(=O)OC(C)(C)C)C(C(=O)NC(Cc1ccccc1)C(=O)OC(C)(C)C)c1ccc(O)c(C)c1. The van der Waals surface area contributed by atoms with Gasteiger partial charge in [-0.2, -0.15) is 0 Å². The number of nitrogens with one attached hydrogen (secondary N) is 2. The van der Waals surface area contributed by atoms with Crippen LogP contribution >= 0.6 is 0 Å². The number of ether oxygens (including phenoxy) is 2. The Labute approximate surface area is 299 Å². The predicted octanol–water partition coefficient (Wildman–Crippen LogP) is 7.55. The minimum Gasteiger partial charge on any atom is -0.508 e. The van der Waals surface area contributed by atoms with Crippen LogP contribution in [0.3, 0.4) is 0 Å². The third-order valence-electron chi connectivity index (χ3n) is 7.87. The van der Waals surface area contributed by atoms with E-state index < -0.39 is 53.2 Å². The molecule has 0 aliphatic heterocycles. The highest BCUT2D eigenvalue weighted by Gasteiger charge is 2.38. The number of carbonyl (C=O) groups excluding carboxylic acids is 4. The summed E-state index contributed by atoms with van der Waals surface area (Å²) in [5.41, 5.74) is 0.220. The first-order valence-corrected chi connectivity index (χ1v) is 18.0. The van der Waals surface area contributed by atoms with Gasteiger partial charge in [0, 0.05) is 13.0 Å². The van der Waals surface area contributed by atoms with E-state index in [2.05, 4.69) is 17.6 Å². The van der Waals surface area contributed by atoms with Gasteiger partial charge in [-0.25, -0.2) is 9.59 Å². The maximum Gasteiger partial charge on any atom is 0.408 e. The lowest BCUT2D eigenvalue weighted by molar-refractivity contribution is -0.159. The van der Waals surface area contributed by atoms with Gasteiger partial charge < -0.3 is 30.1 Å². The molecule has 3 unspecified atom stereocenters. The molecule has 0 radical (unpaired) electrons. The van der Waals surface area contributed by atoms with Crippen LogP contribution in [0.2, 0.25) is 0 Å². The molecule has 2 aromatic carbocycles. The van der Waals surface area contributed by atoms with Crippen molar-refractivity contribution in [1.29, 1.82) is 0 Å². The smallest absolute Gasteiger partial charge is 0.408 e. The fourth-order valence-electron chi connectivity index (χ4n) is 5.58. The van der Waals surface area contributed by atoms with Gasteiger partial charge in [-0.05, 0) is 96.0 Å². The molecule has 0 spiro atoms. The quantitative estimate of drug-likeness (QED) is 0.115. The zero-order chi connectivity index (χ0) is 37.6. The number of nitrogens with zero attached hydrogens (tertiary/aromatic N) is 1. The van der Waals surface area contributed by atoms with Crippen molar-refractivity contribution in [2.75, 3.05) is 6.54 Å². The van der Waals surface area contributed by atoms with E-state index in [1.54, 1.807) is 60.6 Å². The summed E-state index contributed by atoms with van der Waals surface area (Å²) < 4.78 is 11.3. The van der Waals surface area contributed by atoms with E-state index in [0.29, 0.717) is 24.0 Å². The molecular formula is C40H61N3O7. The summed E-state index contributed by atoms with van der Waals surface area (Å²) in [6.45, 7) is 18.5. The standard InChI is InChI=1S/C40H61N3O7/c1-11-12-13-14-18-23-43(36(46)31(24-27(2)3)42-38(48)50-40(8,9)10)34(30-21-22-33(44)28(4)25-30)35(45)41-32(37(47)49-39(5,6)7)26-29-19-16-15-17-20-29/h15-17,19-22,25,27,31-32,34,44H,11-14,18,23-24,26H2,1-10H3,(H,41,45)(H,42,48). The lowest BCUT2D eigenvalue weighted by atomic mass is 9.97. The minimum atomic E-state index is -1.19. The number of alkyl carbamates (subject to hydrolysis) is 1. The summed E-state index contributed by atoms with van der Waals surface area (Å²) in [5.74, 6) is -1.55. The first-order chi connectivity index (χ1) is 23.3. The second kappa shape index (κ2) is 19.3. The molecule has 50 heavy (non-hydrogen) atoms. The zero-order valence-corrected chi connectivity index (χ0v) is 31.9. The van der Waals surface area contributed by atoms with Crippen molar-refractivity contribution < 1.29 is 33.8 Å². The van der Waals surface area contributed by atoms with Crippen LogP contribution in [-0.2, 0) is 30.3 Å². The molecule has 10 heteroatoms. The number of aryl methyl sites for hydroxylation is 1. The van der Waals surface area contributed by atoms with Crippen LogP contribution < -0.4 is 10.6 Å². The number of phenolic OH excluding ortho intramolecular Hbond substituents is 1. The number of benzene rings is 2. The summed E-state index contributed by atoms with van der Waals surface area (Å²) in [5, 5.41) is 16.1. The van der Waals surface area contributed by atoms with E-state index >= 15 is 0 Å². The average Bonchev–Trinajstić information content (AvgIpc) is 2.99. The van der Waals surface area contributed by atoms with E-state index in [4.69, 9.17) is 9.47 Å². The summed E-state index contributed by atoms with van der Waals surface area (Å²) in [6.07, 6.45) is 4.26. The molecule has 0 heterocycles. The second-order valence-corrected chi connectivity index (χ2v) is 15.5. The van der Waals surface area contributed by atoms with Crippen LogP contribution in [0, 0.1) is 12.8 Å². The summed E-state index contributed by atoms with van der Waals surface area (Å²) in [6, 6.07) is 10.9. The Morgan fingerprint density at radius 2 is 1.44 bits per heavy atom. The van der Waals surface area contributed by atoms with Crippen molar-refractivity contribution in [2.24, 2.45) is 5.92 Å². The summed E-state index contributed by atoms with van der Waals surface area (Å²) in [7, 11) is 0. The highest BCUT2D eigenvalue weighted by Crippen LogP contribution is 2.29. The largest absolute Gasteiger partial charge is 0.508 e. The minimum absolute atomic E-state index is 0.0240. The lowest BCUT2D eigenvalue weighted by Gasteiger charge is -2.36. The van der Waals surface area contributed by atoms with Crippen molar-refractivity contribution in [3.05, 3.63) is 65.2 Å². The van der Waals surface area contributed by atoms with Gasteiger partial charge in [0.2, 0.25) is 11.8 Å². The van der Waals surface area contributed by atoms with Gasteiger partial charge in [0.15, 0.2) is 0 Å². The van der Waals surface area contributed by atoms with Crippen molar-refractivity contribution in [1.82, 2.24) is 15.5 Å². The number of rotatable bonds is 17. The molecule has 10 nitrogen and oxygen atoms in total. The Hall–Kier alpha value is -4.08. The number of hydrogen-bond donors (Lipinski definition) is 3. The van der Waals surface area contributed by atoms with E-state index in [1.165, 1.54) is 11.0 Å². The van der Waals surface area contributed by atoms with Gasteiger partial charge in [-0.3, -0.25) is 9.59 Å². The predicted molar refractivity (Wildman–Crippen MR) is 197 cm³/mol. The van der Waals surface area contributed by atoms with E-state index in [-0.39, 0.29) is 24.6 Å². The maximum absolute atomic E-state index is 14.7. The van der Waals surface area contributed by atoms with Crippen LogP contribution in [0.4, 0.5) is 4.79 Å². The third kappa shape index (κ3) is 14.8. The van der Waals surface area contributed by atoms with Crippen LogP contribution in [0.15, 0.2) is 48.5 Å². The van der Waals surface area contributed by atoms with E-state index in [1.807, 2.05) is 44.2 Å². The fourth-order valence-corrected chi connectivity index (χ4v) is 5.58. The number of amides is 3. The molecule has 3 N–H and O–H groups in total. The van der Waals surface area contributed by atoms with Gasteiger partial charge in [0.05, 0.1) is 0 Å². The van der Waals surface area contributed by atoms with Gasteiger partial charge in [0.1, 0.15) is 35.1 Å². The maximum atomic E-state index is 14.7. The molecule has 3 amide bonds. The molecule has 0 aromatic heterocycles. The normalized spacial score (nSPS) is 13.6. The van der Waals surface area contributed by atoms with Crippen LogP contribution in [0.5, 0.6) is 5.75 Å². The average molecular weight is 696 g/mol. The summed E-state index contributed by atoms with van der Waals surface area (Å²) in [4.78, 5) is 57.5. The molecule has 3 atom stereocenters. The second-order valence-electron chi connectivity index (χ2n) is 15.5. The Morgan fingerprint density at radius 3 is 2.00 bits per heavy atom. The fraction of sp³-hybridized carbons (Fsp3) is 0.600. The first kappa shape index (κ1) is 42.1. The Kier molecular flexibility index (Phi) is 16.3. The molecule has 2 aromatic rings. The monoisotopic (exact) mass is 695 g/mol. The van der Waals surface area contributed by atoms with Crippen molar-refractivity contribution in [3.8, 4) is 5.75 Å². The molecule has 0 bridgehead atoms. The van der Waals surface area contributed by atoms with Crippen LogP contribution in [0.25, 0.3) is 0 Å². The Morgan fingerprint density at radius 1 is 0.820 bits per heavy atom. The number of esters is 1. The van der Waals surface area contributed by atoms with Crippen LogP contribution in [0.1, 0.15) is 124 Å². The highest BCUT2D eigenvalue weighted by molar-refractivity contribution is 5.94. The highest BCUT2D eigenvalue weighted by atomic mass is 16.6. The van der Waals surface area contributed by atoms with E-state index in [0.717, 1.165) is 31.2 Å². The zero-order valence-electron chi connectivity index (χ0n) is 31.9. The number of aromatic hydroxyl groups is 1. The molecule has 278 valence electrons. The Balaban J connectivity index is 2.67. The lowest BCUT2D eigenvalue weighted by Crippen LogP contribution is -2.55. The van der Waals surface area contributed by atoms with Gasteiger partial charge >= 0.3 is 12.1 Å². The molecule has 0 aliphatic rings. The number of unbranched alkanes of at least 4 members (excludes halogenated alkanes) is 4.